The third-order valence-electron chi connectivity index (χ3n) is 5.27. The molecule has 156 valence electrons. The van der Waals surface area contributed by atoms with E-state index in [-0.39, 0.29) is 0 Å². The first-order valence-corrected chi connectivity index (χ1v) is 10.3. The highest BCUT2D eigenvalue weighted by Gasteiger charge is 2.16. The number of nitrogens with zero attached hydrogens (tertiary/aromatic N) is 6. The number of anilines is 1. The first-order chi connectivity index (χ1) is 14.6. The Bertz CT molecular complexity index is 1030. The molecule has 0 saturated carbocycles. The van der Waals surface area contributed by atoms with Gasteiger partial charge in [-0.3, -0.25) is 4.90 Å². The molecule has 0 amide bonds. The van der Waals surface area contributed by atoms with Crippen molar-refractivity contribution < 1.29 is 4.74 Å². The van der Waals surface area contributed by atoms with Crippen LogP contribution in [-0.2, 0) is 0 Å². The molecule has 1 aliphatic rings. The number of hydrogen-bond donors (Lipinski definition) is 0. The number of ether oxygens (including phenoxy) is 1. The van der Waals surface area contributed by atoms with E-state index in [0.29, 0.717) is 11.8 Å². The minimum absolute atomic E-state index is 0.503. The van der Waals surface area contributed by atoms with Crippen LogP contribution in [0, 0.1) is 6.92 Å². The van der Waals surface area contributed by atoms with E-state index < -0.39 is 0 Å². The molecular formula is C22H25ClN6O. The van der Waals surface area contributed by atoms with Gasteiger partial charge < -0.3 is 9.64 Å². The van der Waals surface area contributed by atoms with Gasteiger partial charge in [0.25, 0.3) is 5.95 Å². The molecule has 30 heavy (non-hydrogen) atoms. The number of piperazine rings is 1. The van der Waals surface area contributed by atoms with Gasteiger partial charge >= 0.3 is 0 Å². The number of rotatable bonds is 6. The van der Waals surface area contributed by atoms with Crippen LogP contribution in [0.1, 0.15) is 11.3 Å². The molecule has 1 saturated heterocycles. The predicted molar refractivity (Wildman–Crippen MR) is 120 cm³/mol. The molecule has 0 atom stereocenters. The molecular weight excluding hydrogens is 400 g/mol. The third kappa shape index (κ3) is 4.63. The molecule has 1 fully saturated rings. The van der Waals surface area contributed by atoms with Crippen molar-refractivity contribution in [2.24, 2.45) is 0 Å². The standard InChI is InChI=1S/C22H25ClN6O/c1-17-18(16-25-29(17)22-24-9-8-21(26-22)30-2)5-4-10-27-11-13-28(14-12-27)20-7-3-6-19(23)15-20/h3-9,15-16H,10-14H2,1-2H3/b5-4+. The van der Waals surface area contributed by atoms with E-state index in [0.717, 1.165) is 49.0 Å². The largest absolute Gasteiger partial charge is 0.481 e. The Morgan fingerprint density at radius 3 is 2.77 bits per heavy atom. The van der Waals surface area contributed by atoms with Crippen molar-refractivity contribution in [3.8, 4) is 11.8 Å². The van der Waals surface area contributed by atoms with Gasteiger partial charge in [-0.05, 0) is 25.1 Å². The quantitative estimate of drug-likeness (QED) is 0.604. The summed E-state index contributed by atoms with van der Waals surface area (Å²) in [4.78, 5) is 13.5. The lowest BCUT2D eigenvalue weighted by molar-refractivity contribution is 0.284. The van der Waals surface area contributed by atoms with Crippen molar-refractivity contribution in [3.05, 3.63) is 65.1 Å². The molecule has 1 aliphatic heterocycles. The lowest BCUT2D eigenvalue weighted by atomic mass is 10.2. The van der Waals surface area contributed by atoms with Crippen LogP contribution in [0.15, 0.2) is 48.8 Å². The van der Waals surface area contributed by atoms with Gasteiger partial charge in [0.2, 0.25) is 5.88 Å². The lowest BCUT2D eigenvalue weighted by Gasteiger charge is -2.35. The molecule has 8 heteroatoms. The second-order valence-electron chi connectivity index (χ2n) is 7.17. The molecule has 0 bridgehead atoms. The number of halogens is 1. The zero-order valence-electron chi connectivity index (χ0n) is 17.2. The van der Waals surface area contributed by atoms with Crippen LogP contribution in [0.25, 0.3) is 12.0 Å². The fourth-order valence-corrected chi connectivity index (χ4v) is 3.71. The van der Waals surface area contributed by atoms with E-state index in [4.69, 9.17) is 16.3 Å². The van der Waals surface area contributed by atoms with Gasteiger partial charge in [0.15, 0.2) is 0 Å². The van der Waals surface area contributed by atoms with Gasteiger partial charge in [0, 0.05) is 61.3 Å². The Morgan fingerprint density at radius 1 is 1.17 bits per heavy atom. The van der Waals surface area contributed by atoms with Crippen molar-refractivity contribution >= 4 is 23.4 Å². The average molecular weight is 425 g/mol. The van der Waals surface area contributed by atoms with Gasteiger partial charge in [0.05, 0.1) is 19.0 Å². The van der Waals surface area contributed by atoms with Crippen LogP contribution in [0.3, 0.4) is 0 Å². The first-order valence-electron chi connectivity index (χ1n) is 9.95. The average Bonchev–Trinajstić information content (AvgIpc) is 3.14. The highest BCUT2D eigenvalue weighted by Crippen LogP contribution is 2.21. The molecule has 0 aliphatic carbocycles. The first kappa shape index (κ1) is 20.4. The van der Waals surface area contributed by atoms with Crippen molar-refractivity contribution in [3.63, 3.8) is 0 Å². The zero-order valence-corrected chi connectivity index (χ0v) is 18.0. The van der Waals surface area contributed by atoms with E-state index in [1.165, 1.54) is 5.69 Å². The highest BCUT2D eigenvalue weighted by atomic mass is 35.5. The summed E-state index contributed by atoms with van der Waals surface area (Å²) in [6, 6.07) is 9.79. The molecule has 3 heterocycles. The maximum Gasteiger partial charge on any atom is 0.254 e. The Hall–Kier alpha value is -2.90. The maximum atomic E-state index is 6.12. The van der Waals surface area contributed by atoms with Gasteiger partial charge in [-0.25, -0.2) is 9.67 Å². The van der Waals surface area contributed by atoms with Gasteiger partial charge in [0.1, 0.15) is 0 Å². The summed E-state index contributed by atoms with van der Waals surface area (Å²) in [6.45, 7) is 6.96. The van der Waals surface area contributed by atoms with Gasteiger partial charge in [-0.15, -0.1) is 0 Å². The molecule has 7 nitrogen and oxygen atoms in total. The number of aromatic nitrogens is 4. The Kier molecular flexibility index (Phi) is 6.30. The normalized spacial score (nSPS) is 15.1. The summed E-state index contributed by atoms with van der Waals surface area (Å²) in [5.74, 6) is 1.02. The summed E-state index contributed by atoms with van der Waals surface area (Å²) in [6.07, 6.45) is 7.81. The van der Waals surface area contributed by atoms with Gasteiger partial charge in [-0.2, -0.15) is 10.1 Å². The molecule has 0 unspecified atom stereocenters. The van der Waals surface area contributed by atoms with E-state index in [1.54, 1.807) is 24.1 Å². The molecule has 2 aromatic heterocycles. The highest BCUT2D eigenvalue weighted by molar-refractivity contribution is 6.30. The van der Waals surface area contributed by atoms with Crippen molar-refractivity contribution in [1.82, 2.24) is 24.6 Å². The van der Waals surface area contributed by atoms with Gasteiger partial charge in [-0.1, -0.05) is 29.8 Å². The second kappa shape index (κ2) is 9.28. The number of benzene rings is 1. The predicted octanol–water partition coefficient (Wildman–Crippen LogP) is 3.47. The SMILES string of the molecule is COc1ccnc(-n2ncc(/C=C/CN3CCN(c4cccc(Cl)c4)CC3)c2C)n1. The minimum Gasteiger partial charge on any atom is -0.481 e. The van der Waals surface area contributed by atoms with Crippen LogP contribution in [-0.4, -0.2) is 64.5 Å². The molecule has 1 aromatic carbocycles. The fourth-order valence-electron chi connectivity index (χ4n) is 3.53. The Morgan fingerprint density at radius 2 is 2.00 bits per heavy atom. The molecule has 3 aromatic rings. The molecule has 4 rings (SSSR count). The fraction of sp³-hybridized carbons (Fsp3) is 0.318. The minimum atomic E-state index is 0.503. The lowest BCUT2D eigenvalue weighted by Crippen LogP contribution is -2.46. The summed E-state index contributed by atoms with van der Waals surface area (Å²) >= 11 is 6.12. The van der Waals surface area contributed by atoms with Crippen LogP contribution >= 0.6 is 11.6 Å². The number of methoxy groups -OCH3 is 1. The van der Waals surface area contributed by atoms with Crippen molar-refractivity contribution in [2.75, 3.05) is 44.7 Å². The van der Waals surface area contributed by atoms with Crippen LogP contribution in [0.4, 0.5) is 5.69 Å². The monoisotopic (exact) mass is 424 g/mol. The van der Waals surface area contributed by atoms with E-state index >= 15 is 0 Å². The van der Waals surface area contributed by atoms with E-state index in [1.807, 2.05) is 31.3 Å². The Labute approximate surface area is 181 Å². The Balaban J connectivity index is 1.34. The maximum absolute atomic E-state index is 6.12. The molecule has 0 radical (unpaired) electrons. The summed E-state index contributed by atoms with van der Waals surface area (Å²) in [7, 11) is 1.59. The van der Waals surface area contributed by atoms with Crippen LogP contribution in [0.5, 0.6) is 5.88 Å². The smallest absolute Gasteiger partial charge is 0.254 e. The summed E-state index contributed by atoms with van der Waals surface area (Å²) < 4.78 is 6.90. The van der Waals surface area contributed by atoms with Crippen molar-refractivity contribution in [2.45, 2.75) is 6.92 Å². The number of hydrogen-bond acceptors (Lipinski definition) is 6. The third-order valence-corrected chi connectivity index (χ3v) is 5.51. The van der Waals surface area contributed by atoms with Crippen molar-refractivity contribution in [1.29, 1.82) is 0 Å². The van der Waals surface area contributed by atoms with Crippen LogP contribution < -0.4 is 9.64 Å². The summed E-state index contributed by atoms with van der Waals surface area (Å²) in [5.41, 5.74) is 3.24. The topological polar surface area (TPSA) is 59.3 Å². The van der Waals surface area contributed by atoms with E-state index in [9.17, 15) is 0 Å². The molecule has 0 N–H and O–H groups in total. The van der Waals surface area contributed by atoms with E-state index in [2.05, 4.69) is 43.1 Å². The summed E-state index contributed by atoms with van der Waals surface area (Å²) in [5, 5.41) is 5.22. The van der Waals surface area contributed by atoms with Crippen LogP contribution in [0.2, 0.25) is 5.02 Å². The second-order valence-corrected chi connectivity index (χ2v) is 7.60. The molecule has 0 spiro atoms. The zero-order chi connectivity index (χ0) is 20.9.